The van der Waals surface area contributed by atoms with Gasteiger partial charge >= 0.3 is 0 Å². The van der Waals surface area contributed by atoms with E-state index >= 15 is 0 Å². The monoisotopic (exact) mass is 445 g/mol. The molecule has 0 fully saturated rings. The minimum Gasteiger partial charge on any atom is -0.457 e. The van der Waals surface area contributed by atoms with Crippen LogP contribution in [-0.4, -0.2) is 4.98 Å². The van der Waals surface area contributed by atoms with E-state index in [4.69, 9.17) is 20.9 Å². The number of aromatic nitrogens is 1. The number of nitrogen functional groups attached to an aromatic ring is 2. The third-order valence-corrected chi connectivity index (χ3v) is 5.29. The smallest absolute Gasteiger partial charge is 0.129 e. The second kappa shape index (κ2) is 9.38. The molecule has 5 heteroatoms. The lowest BCUT2D eigenvalue weighted by atomic mass is 9.99. The van der Waals surface area contributed by atoms with Crippen molar-refractivity contribution in [3.05, 3.63) is 115 Å². The Bertz CT molecular complexity index is 1410. The van der Waals surface area contributed by atoms with Gasteiger partial charge in [-0.15, -0.1) is 0 Å². The molecule has 0 unspecified atom stereocenters. The number of benzene rings is 4. The summed E-state index contributed by atoms with van der Waals surface area (Å²) in [5, 5.41) is 0. The minimum atomic E-state index is 0.664. The molecule has 0 saturated heterocycles. The third kappa shape index (κ3) is 4.84. The quantitative estimate of drug-likeness (QED) is 0.271. The van der Waals surface area contributed by atoms with E-state index in [1.54, 1.807) is 12.3 Å². The van der Waals surface area contributed by atoms with Crippen molar-refractivity contribution in [2.75, 3.05) is 11.5 Å². The third-order valence-electron chi connectivity index (χ3n) is 5.29. The largest absolute Gasteiger partial charge is 0.457 e. The van der Waals surface area contributed by atoms with E-state index in [1.807, 2.05) is 97.1 Å². The lowest BCUT2D eigenvalue weighted by Gasteiger charge is -2.12. The number of pyridine rings is 1. The molecule has 0 saturated carbocycles. The molecule has 0 amide bonds. The number of rotatable bonds is 6. The van der Waals surface area contributed by atoms with Crippen molar-refractivity contribution in [3.8, 4) is 45.4 Å². The Morgan fingerprint density at radius 3 is 1.85 bits per heavy atom. The van der Waals surface area contributed by atoms with Gasteiger partial charge in [0.2, 0.25) is 0 Å². The van der Waals surface area contributed by atoms with Gasteiger partial charge < -0.3 is 20.9 Å². The number of hydrogen-bond donors (Lipinski definition) is 2. The molecule has 0 aliphatic rings. The SMILES string of the molecule is Nc1ccc(Oc2cccc(-c3ncccc3-c3ccc(Oc4cccc(N)c4)cc3)c2)cc1. The Morgan fingerprint density at radius 2 is 1.15 bits per heavy atom. The first-order chi connectivity index (χ1) is 16.6. The molecule has 34 heavy (non-hydrogen) atoms. The van der Waals surface area contributed by atoms with Crippen LogP contribution >= 0.6 is 0 Å². The summed E-state index contributed by atoms with van der Waals surface area (Å²) in [6, 6.07) is 34.5. The fourth-order valence-corrected chi connectivity index (χ4v) is 3.66. The lowest BCUT2D eigenvalue weighted by molar-refractivity contribution is 0.483. The van der Waals surface area contributed by atoms with Crippen LogP contribution < -0.4 is 20.9 Å². The highest BCUT2D eigenvalue weighted by atomic mass is 16.5. The molecule has 166 valence electrons. The highest BCUT2D eigenvalue weighted by molar-refractivity contribution is 5.81. The Labute approximate surface area is 198 Å². The summed E-state index contributed by atoms with van der Waals surface area (Å²) >= 11 is 0. The molecular weight excluding hydrogens is 422 g/mol. The summed E-state index contributed by atoms with van der Waals surface area (Å²) in [7, 11) is 0. The Balaban J connectivity index is 1.41. The van der Waals surface area contributed by atoms with Crippen LogP contribution in [0.2, 0.25) is 0 Å². The van der Waals surface area contributed by atoms with Gasteiger partial charge in [0.05, 0.1) is 5.69 Å². The summed E-state index contributed by atoms with van der Waals surface area (Å²) in [4.78, 5) is 4.67. The van der Waals surface area contributed by atoms with Gasteiger partial charge in [-0.1, -0.05) is 36.4 Å². The van der Waals surface area contributed by atoms with Crippen molar-refractivity contribution in [1.29, 1.82) is 0 Å². The standard InChI is InChI=1S/C29H23N3O2/c30-22-11-15-25(16-12-22)33-26-6-1-4-21(18-26)29-28(8-3-17-32-29)20-9-13-24(14-10-20)34-27-7-2-5-23(31)19-27/h1-19H,30-31H2. The first kappa shape index (κ1) is 21.1. The number of nitrogens with two attached hydrogens (primary N) is 2. The van der Waals surface area contributed by atoms with Crippen LogP contribution in [0.25, 0.3) is 22.4 Å². The van der Waals surface area contributed by atoms with Crippen LogP contribution in [0, 0.1) is 0 Å². The Hall–Kier alpha value is -4.77. The molecule has 0 radical (unpaired) electrons. The number of hydrogen-bond acceptors (Lipinski definition) is 5. The number of nitrogens with zero attached hydrogens (tertiary/aromatic N) is 1. The van der Waals surface area contributed by atoms with Crippen molar-refractivity contribution in [2.24, 2.45) is 0 Å². The highest BCUT2D eigenvalue weighted by Gasteiger charge is 2.10. The second-order valence-electron chi connectivity index (χ2n) is 7.80. The Kier molecular flexibility index (Phi) is 5.82. The van der Waals surface area contributed by atoms with Crippen molar-refractivity contribution in [3.63, 3.8) is 0 Å². The van der Waals surface area contributed by atoms with Gasteiger partial charge in [-0.05, 0) is 72.3 Å². The first-order valence-electron chi connectivity index (χ1n) is 10.9. The zero-order valence-corrected chi connectivity index (χ0v) is 18.4. The van der Waals surface area contributed by atoms with E-state index in [1.165, 1.54) is 0 Å². The van der Waals surface area contributed by atoms with Crippen molar-refractivity contribution < 1.29 is 9.47 Å². The van der Waals surface area contributed by atoms with E-state index in [9.17, 15) is 0 Å². The zero-order valence-electron chi connectivity index (χ0n) is 18.4. The van der Waals surface area contributed by atoms with Gasteiger partial charge in [-0.2, -0.15) is 0 Å². The lowest BCUT2D eigenvalue weighted by Crippen LogP contribution is -1.91. The fourth-order valence-electron chi connectivity index (χ4n) is 3.66. The van der Waals surface area contributed by atoms with Gasteiger partial charge in [-0.3, -0.25) is 4.98 Å². The molecule has 1 heterocycles. The second-order valence-corrected chi connectivity index (χ2v) is 7.80. The molecule has 1 aromatic heterocycles. The maximum Gasteiger partial charge on any atom is 0.129 e. The minimum absolute atomic E-state index is 0.664. The highest BCUT2D eigenvalue weighted by Crippen LogP contribution is 2.34. The predicted octanol–water partition coefficient (Wildman–Crippen LogP) is 7.16. The van der Waals surface area contributed by atoms with Gasteiger partial charge in [0.15, 0.2) is 0 Å². The Morgan fingerprint density at radius 1 is 0.500 bits per heavy atom. The topological polar surface area (TPSA) is 83.4 Å². The van der Waals surface area contributed by atoms with Crippen LogP contribution in [0.4, 0.5) is 11.4 Å². The molecule has 4 N–H and O–H groups in total. The van der Waals surface area contributed by atoms with Crippen LogP contribution in [-0.2, 0) is 0 Å². The van der Waals surface area contributed by atoms with Gasteiger partial charge in [0, 0.05) is 34.8 Å². The van der Waals surface area contributed by atoms with E-state index in [-0.39, 0.29) is 0 Å². The molecule has 0 spiro atoms. The maximum absolute atomic E-state index is 6.01. The summed E-state index contributed by atoms with van der Waals surface area (Å²) in [6.07, 6.45) is 1.80. The maximum atomic E-state index is 6.01. The summed E-state index contributed by atoms with van der Waals surface area (Å²) < 4.78 is 11.9. The van der Waals surface area contributed by atoms with E-state index in [2.05, 4.69) is 11.1 Å². The molecule has 5 rings (SSSR count). The van der Waals surface area contributed by atoms with Crippen molar-refractivity contribution >= 4 is 11.4 Å². The molecule has 5 nitrogen and oxygen atoms in total. The average Bonchev–Trinajstić information content (AvgIpc) is 2.86. The molecular formula is C29H23N3O2. The van der Waals surface area contributed by atoms with Crippen molar-refractivity contribution in [1.82, 2.24) is 4.98 Å². The molecule has 0 atom stereocenters. The normalized spacial score (nSPS) is 10.6. The molecule has 0 bridgehead atoms. The van der Waals surface area contributed by atoms with E-state index < -0.39 is 0 Å². The summed E-state index contributed by atoms with van der Waals surface area (Å²) in [6.45, 7) is 0. The van der Waals surface area contributed by atoms with E-state index in [0.29, 0.717) is 17.1 Å². The zero-order chi connectivity index (χ0) is 23.3. The van der Waals surface area contributed by atoms with Crippen LogP contribution in [0.3, 0.4) is 0 Å². The summed E-state index contributed by atoms with van der Waals surface area (Å²) in [5.41, 5.74) is 16.9. The van der Waals surface area contributed by atoms with Gasteiger partial charge in [0.25, 0.3) is 0 Å². The fraction of sp³-hybridized carbons (Fsp3) is 0. The van der Waals surface area contributed by atoms with Crippen LogP contribution in [0.1, 0.15) is 0 Å². The number of anilines is 2. The van der Waals surface area contributed by atoms with Crippen LogP contribution in [0.5, 0.6) is 23.0 Å². The van der Waals surface area contributed by atoms with Crippen LogP contribution in [0.15, 0.2) is 115 Å². The molecule has 0 aliphatic carbocycles. The summed E-state index contributed by atoms with van der Waals surface area (Å²) in [5.74, 6) is 2.89. The van der Waals surface area contributed by atoms with E-state index in [0.717, 1.165) is 39.6 Å². The first-order valence-corrected chi connectivity index (χ1v) is 10.9. The molecule has 4 aromatic carbocycles. The van der Waals surface area contributed by atoms with Gasteiger partial charge in [-0.25, -0.2) is 0 Å². The van der Waals surface area contributed by atoms with Crippen molar-refractivity contribution in [2.45, 2.75) is 0 Å². The van der Waals surface area contributed by atoms with Gasteiger partial charge in [0.1, 0.15) is 23.0 Å². The molecule has 0 aliphatic heterocycles. The number of ether oxygens (including phenoxy) is 2. The molecule has 5 aromatic rings. The average molecular weight is 446 g/mol. The predicted molar refractivity (Wildman–Crippen MR) is 137 cm³/mol.